The second kappa shape index (κ2) is 4.22. The number of piperidine rings is 1. The van der Waals surface area contributed by atoms with Gasteiger partial charge in [0.1, 0.15) is 11.3 Å². The molecule has 3 fully saturated rings. The van der Waals surface area contributed by atoms with Crippen molar-refractivity contribution >= 4 is 23.0 Å². The highest BCUT2D eigenvalue weighted by molar-refractivity contribution is 6.32. The van der Waals surface area contributed by atoms with Gasteiger partial charge in [0.25, 0.3) is 0 Å². The summed E-state index contributed by atoms with van der Waals surface area (Å²) < 4.78 is 2.02. The number of fused-ring (bicyclic) bond motifs is 3. The minimum atomic E-state index is 0.287. The number of hydrogen-bond acceptors (Lipinski definition) is 3. The molecule has 0 N–H and O–H groups in total. The third-order valence-corrected chi connectivity index (χ3v) is 6.10. The molecule has 1 aliphatic carbocycles. The normalized spacial score (nSPS) is 29.3. The molecule has 2 aliphatic heterocycles. The lowest BCUT2D eigenvalue weighted by molar-refractivity contribution is -0.130. The van der Waals surface area contributed by atoms with Crippen LogP contribution in [-0.2, 0) is 4.79 Å². The molecule has 2 unspecified atom stereocenters. The summed E-state index contributed by atoms with van der Waals surface area (Å²) in [4.78, 5) is 23.2. The maximum Gasteiger partial charge on any atom is 0.223 e. The van der Waals surface area contributed by atoms with E-state index >= 15 is 0 Å². The Bertz CT molecular complexity index is 782. The Balaban J connectivity index is 1.49. The minimum absolute atomic E-state index is 0.287. The van der Waals surface area contributed by atoms with E-state index < -0.39 is 0 Å². The average Bonchev–Trinajstić information content (AvgIpc) is 3.06. The highest BCUT2D eigenvalue weighted by Crippen LogP contribution is 2.60. The molecule has 22 heavy (non-hydrogen) atoms. The van der Waals surface area contributed by atoms with Crippen molar-refractivity contribution in [2.24, 2.45) is 5.41 Å². The van der Waals surface area contributed by atoms with Crippen LogP contribution in [0.1, 0.15) is 43.8 Å². The van der Waals surface area contributed by atoms with Gasteiger partial charge in [-0.3, -0.25) is 9.20 Å². The SMILES string of the molecule is O=C1CC2(CC2)C2CCC(c3ncc4c(Cl)nccn34)CN12. The molecule has 4 heterocycles. The molecule has 1 amide bonds. The number of amides is 1. The summed E-state index contributed by atoms with van der Waals surface area (Å²) in [6, 6.07) is 0.479. The Kier molecular flexibility index (Phi) is 2.47. The topological polar surface area (TPSA) is 50.5 Å². The van der Waals surface area contributed by atoms with E-state index in [9.17, 15) is 4.79 Å². The first kappa shape index (κ1) is 12.9. The first-order valence-corrected chi connectivity index (χ1v) is 8.33. The van der Waals surface area contributed by atoms with Crippen LogP contribution in [0.3, 0.4) is 0 Å². The van der Waals surface area contributed by atoms with Gasteiger partial charge in [0.05, 0.1) is 6.20 Å². The molecular formula is C16H17ClN4O. The van der Waals surface area contributed by atoms with E-state index in [1.165, 1.54) is 12.8 Å². The third-order valence-electron chi connectivity index (χ3n) is 5.81. The van der Waals surface area contributed by atoms with Gasteiger partial charge in [-0.05, 0) is 31.1 Å². The largest absolute Gasteiger partial charge is 0.338 e. The number of halogens is 1. The molecule has 5 rings (SSSR count). The Morgan fingerprint density at radius 2 is 2.14 bits per heavy atom. The summed E-state index contributed by atoms with van der Waals surface area (Å²) >= 11 is 6.13. The molecular weight excluding hydrogens is 300 g/mol. The summed E-state index contributed by atoms with van der Waals surface area (Å²) in [7, 11) is 0. The van der Waals surface area contributed by atoms with Gasteiger partial charge in [-0.2, -0.15) is 0 Å². The monoisotopic (exact) mass is 316 g/mol. The zero-order valence-electron chi connectivity index (χ0n) is 12.2. The van der Waals surface area contributed by atoms with Gasteiger partial charge in [-0.1, -0.05) is 11.6 Å². The average molecular weight is 317 g/mol. The third kappa shape index (κ3) is 1.63. The molecule has 2 atom stereocenters. The highest BCUT2D eigenvalue weighted by atomic mass is 35.5. The van der Waals surface area contributed by atoms with Crippen LogP contribution in [0.25, 0.3) is 5.52 Å². The van der Waals surface area contributed by atoms with Crippen LogP contribution in [0.15, 0.2) is 18.6 Å². The molecule has 1 saturated carbocycles. The van der Waals surface area contributed by atoms with Gasteiger partial charge in [0.2, 0.25) is 5.91 Å². The van der Waals surface area contributed by atoms with Crippen LogP contribution in [0.4, 0.5) is 0 Å². The molecule has 0 aromatic carbocycles. The number of imidazole rings is 1. The van der Waals surface area contributed by atoms with E-state index in [1.54, 1.807) is 12.4 Å². The molecule has 0 bridgehead atoms. The molecule has 2 saturated heterocycles. The summed E-state index contributed by atoms with van der Waals surface area (Å²) in [6.45, 7) is 0.796. The Hall–Kier alpha value is -1.62. The van der Waals surface area contributed by atoms with Gasteiger partial charge >= 0.3 is 0 Å². The van der Waals surface area contributed by atoms with E-state index in [1.807, 2.05) is 10.6 Å². The fourth-order valence-corrected chi connectivity index (χ4v) is 4.70. The van der Waals surface area contributed by atoms with Crippen molar-refractivity contribution < 1.29 is 4.79 Å². The highest BCUT2D eigenvalue weighted by Gasteiger charge is 2.59. The van der Waals surface area contributed by atoms with Crippen LogP contribution < -0.4 is 0 Å². The van der Waals surface area contributed by atoms with Crippen molar-refractivity contribution in [3.05, 3.63) is 29.6 Å². The van der Waals surface area contributed by atoms with Crippen LogP contribution in [0.5, 0.6) is 0 Å². The first-order valence-electron chi connectivity index (χ1n) is 7.95. The molecule has 0 radical (unpaired) electrons. The van der Waals surface area contributed by atoms with Gasteiger partial charge in [-0.25, -0.2) is 9.97 Å². The lowest BCUT2D eigenvalue weighted by atomic mass is 9.86. The van der Waals surface area contributed by atoms with E-state index in [0.717, 1.165) is 37.1 Å². The Labute approximate surface area is 133 Å². The van der Waals surface area contributed by atoms with Gasteiger partial charge in [0.15, 0.2) is 5.15 Å². The predicted molar refractivity (Wildman–Crippen MR) is 81.8 cm³/mol. The smallest absolute Gasteiger partial charge is 0.223 e. The lowest BCUT2D eigenvalue weighted by Gasteiger charge is -2.37. The molecule has 114 valence electrons. The number of carbonyl (C=O) groups is 1. The summed E-state index contributed by atoms with van der Waals surface area (Å²) in [5.41, 5.74) is 1.18. The Morgan fingerprint density at radius 3 is 2.95 bits per heavy atom. The van der Waals surface area contributed by atoms with Crippen molar-refractivity contribution in [1.82, 2.24) is 19.3 Å². The molecule has 3 aliphatic rings. The van der Waals surface area contributed by atoms with Gasteiger partial charge in [0, 0.05) is 37.3 Å². The maximum atomic E-state index is 12.4. The lowest BCUT2D eigenvalue weighted by Crippen LogP contribution is -2.43. The quantitative estimate of drug-likeness (QED) is 0.812. The number of rotatable bonds is 1. The van der Waals surface area contributed by atoms with Crippen molar-refractivity contribution in [1.29, 1.82) is 0 Å². The summed E-state index contributed by atoms with van der Waals surface area (Å²) in [6.07, 6.45) is 10.8. The van der Waals surface area contributed by atoms with Gasteiger partial charge < -0.3 is 4.90 Å². The van der Waals surface area contributed by atoms with Crippen molar-refractivity contribution in [3.8, 4) is 0 Å². The van der Waals surface area contributed by atoms with Crippen molar-refractivity contribution in [3.63, 3.8) is 0 Å². The Morgan fingerprint density at radius 1 is 1.27 bits per heavy atom. The summed E-state index contributed by atoms with van der Waals surface area (Å²) in [5, 5.41) is 0.476. The van der Waals surface area contributed by atoms with Gasteiger partial charge in [-0.15, -0.1) is 0 Å². The predicted octanol–water partition coefficient (Wildman–Crippen LogP) is 2.64. The molecule has 1 spiro atoms. The number of nitrogens with zero attached hydrogens (tertiary/aromatic N) is 4. The van der Waals surface area contributed by atoms with Crippen LogP contribution in [-0.4, -0.2) is 37.8 Å². The van der Waals surface area contributed by atoms with E-state index in [2.05, 4.69) is 14.9 Å². The van der Waals surface area contributed by atoms with E-state index in [4.69, 9.17) is 11.6 Å². The summed E-state index contributed by atoms with van der Waals surface area (Å²) in [5.74, 6) is 1.63. The standard InChI is InChI=1S/C16H17ClN4O/c17-14-11-8-19-15(20(11)6-5-18-14)10-1-2-12-16(3-4-16)7-13(22)21(12)9-10/h5-6,8,10,12H,1-4,7,9H2. The maximum absolute atomic E-state index is 12.4. The minimum Gasteiger partial charge on any atom is -0.338 e. The van der Waals surface area contributed by atoms with E-state index in [-0.39, 0.29) is 5.92 Å². The zero-order valence-corrected chi connectivity index (χ0v) is 13.0. The van der Waals surface area contributed by atoms with Crippen LogP contribution >= 0.6 is 11.6 Å². The van der Waals surface area contributed by atoms with Crippen LogP contribution in [0.2, 0.25) is 5.15 Å². The van der Waals surface area contributed by atoms with Crippen molar-refractivity contribution in [2.75, 3.05) is 6.54 Å². The van der Waals surface area contributed by atoms with E-state index in [0.29, 0.717) is 22.5 Å². The van der Waals surface area contributed by atoms with Crippen molar-refractivity contribution in [2.45, 2.75) is 44.1 Å². The van der Waals surface area contributed by atoms with Crippen LogP contribution in [0, 0.1) is 5.41 Å². The fraction of sp³-hybridized carbons (Fsp3) is 0.562. The fourth-order valence-electron chi connectivity index (χ4n) is 4.50. The first-order chi connectivity index (χ1) is 10.7. The molecule has 5 nitrogen and oxygen atoms in total. The number of carbonyl (C=O) groups excluding carboxylic acids is 1. The second-order valence-corrected chi connectivity index (χ2v) is 7.32. The zero-order chi connectivity index (χ0) is 14.9. The number of hydrogen-bond donors (Lipinski definition) is 0. The molecule has 2 aromatic heterocycles. The molecule has 6 heteroatoms. The molecule has 2 aromatic rings. The second-order valence-electron chi connectivity index (χ2n) is 6.97. The number of aromatic nitrogens is 3.